The monoisotopic (exact) mass is 252 g/mol. The van der Waals surface area contributed by atoms with Crippen LogP contribution in [0.1, 0.15) is 37.1 Å². The van der Waals surface area contributed by atoms with E-state index in [0.29, 0.717) is 23.4 Å². The molecule has 0 spiro atoms. The second kappa shape index (κ2) is 5.96. The van der Waals surface area contributed by atoms with Crippen LogP contribution in [-0.4, -0.2) is 16.6 Å². The molecule has 94 valence electrons. The fourth-order valence-corrected chi connectivity index (χ4v) is 1.85. The molecule has 0 radical (unpaired) electrons. The highest BCUT2D eigenvalue weighted by molar-refractivity contribution is 7.80. The van der Waals surface area contributed by atoms with Crippen LogP contribution in [0, 0.1) is 19.8 Å². The lowest BCUT2D eigenvalue weighted by atomic mass is 10.1. The van der Waals surface area contributed by atoms with Crippen LogP contribution in [0.2, 0.25) is 0 Å². The molecule has 3 nitrogen and oxygen atoms in total. The zero-order chi connectivity index (χ0) is 13.0. The summed E-state index contributed by atoms with van der Waals surface area (Å²) in [7, 11) is 0. The first-order valence-corrected chi connectivity index (χ1v) is 6.23. The van der Waals surface area contributed by atoms with Gasteiger partial charge in [0, 0.05) is 5.69 Å². The molecule has 0 saturated carbocycles. The van der Waals surface area contributed by atoms with Gasteiger partial charge < -0.3 is 10.5 Å². The van der Waals surface area contributed by atoms with Gasteiger partial charge in [-0.25, -0.2) is 4.98 Å². The highest BCUT2D eigenvalue weighted by Gasteiger charge is 2.12. The Bertz CT molecular complexity index is 416. The molecule has 1 heterocycles. The molecule has 0 aliphatic rings. The number of thiocarbonyl (C=S) groups is 1. The van der Waals surface area contributed by atoms with Crippen LogP contribution in [-0.2, 0) is 0 Å². The molecule has 0 aliphatic carbocycles. The van der Waals surface area contributed by atoms with Crippen LogP contribution in [0.3, 0.4) is 0 Å². The second-order valence-electron chi connectivity index (χ2n) is 4.66. The number of ether oxygens (including phenoxy) is 1. The second-order valence-corrected chi connectivity index (χ2v) is 5.10. The van der Waals surface area contributed by atoms with Gasteiger partial charge in [-0.15, -0.1) is 0 Å². The molecule has 0 fully saturated rings. The third kappa shape index (κ3) is 3.97. The lowest BCUT2D eigenvalue weighted by Gasteiger charge is -2.13. The van der Waals surface area contributed by atoms with Gasteiger partial charge in [0.15, 0.2) is 0 Å². The summed E-state index contributed by atoms with van der Waals surface area (Å²) in [5, 5.41) is 0. The van der Waals surface area contributed by atoms with Gasteiger partial charge in [0.2, 0.25) is 5.88 Å². The molecule has 4 heteroatoms. The first-order valence-electron chi connectivity index (χ1n) is 5.82. The lowest BCUT2D eigenvalue weighted by molar-refractivity contribution is 0.278. The topological polar surface area (TPSA) is 48.1 Å². The van der Waals surface area contributed by atoms with Crippen molar-refractivity contribution >= 4 is 17.2 Å². The molecule has 0 aromatic carbocycles. The van der Waals surface area contributed by atoms with E-state index in [4.69, 9.17) is 22.7 Å². The molecule has 17 heavy (non-hydrogen) atoms. The highest BCUT2D eigenvalue weighted by atomic mass is 32.1. The molecule has 1 rings (SSSR count). The number of aromatic nitrogens is 1. The van der Waals surface area contributed by atoms with E-state index in [1.54, 1.807) is 0 Å². The van der Waals surface area contributed by atoms with Crippen LogP contribution < -0.4 is 10.5 Å². The Kier molecular flexibility index (Phi) is 4.87. The number of rotatable bonds is 5. The Morgan fingerprint density at radius 2 is 2.12 bits per heavy atom. The Morgan fingerprint density at radius 1 is 1.47 bits per heavy atom. The molecule has 0 aliphatic heterocycles. The zero-order valence-corrected chi connectivity index (χ0v) is 11.7. The van der Waals surface area contributed by atoms with Crippen LogP contribution >= 0.6 is 12.2 Å². The smallest absolute Gasteiger partial charge is 0.224 e. The maximum atomic E-state index is 5.71. The minimum atomic E-state index is 0.342. The molecule has 1 aromatic heterocycles. The van der Waals surface area contributed by atoms with Crippen LogP contribution in [0.4, 0.5) is 0 Å². The minimum absolute atomic E-state index is 0.342. The van der Waals surface area contributed by atoms with Crippen molar-refractivity contribution in [1.29, 1.82) is 0 Å². The first kappa shape index (κ1) is 13.9. The summed E-state index contributed by atoms with van der Waals surface area (Å²) in [6.07, 6.45) is 0.992. The molecular formula is C13H20N2OS. The van der Waals surface area contributed by atoms with Crippen molar-refractivity contribution in [3.63, 3.8) is 0 Å². The summed E-state index contributed by atoms with van der Waals surface area (Å²) in [6.45, 7) is 8.87. The zero-order valence-electron chi connectivity index (χ0n) is 10.9. The molecule has 1 aromatic rings. The van der Waals surface area contributed by atoms with E-state index in [1.165, 1.54) is 0 Å². The molecule has 0 atom stereocenters. The largest absolute Gasteiger partial charge is 0.477 e. The quantitative estimate of drug-likeness (QED) is 0.819. The number of nitrogens with zero attached hydrogens (tertiary/aromatic N) is 1. The van der Waals surface area contributed by atoms with Crippen molar-refractivity contribution in [2.24, 2.45) is 11.7 Å². The predicted octanol–water partition coefficient (Wildman–Crippen LogP) is 2.76. The van der Waals surface area contributed by atoms with Crippen LogP contribution in [0.25, 0.3) is 0 Å². The summed E-state index contributed by atoms with van der Waals surface area (Å²) in [4.78, 5) is 4.70. The van der Waals surface area contributed by atoms with E-state index in [2.05, 4.69) is 18.8 Å². The number of hydrogen-bond acceptors (Lipinski definition) is 3. The van der Waals surface area contributed by atoms with Gasteiger partial charge in [-0.2, -0.15) is 0 Å². The van der Waals surface area contributed by atoms with Gasteiger partial charge in [-0.3, -0.25) is 0 Å². The van der Waals surface area contributed by atoms with Gasteiger partial charge in [-0.05, 0) is 37.8 Å². The van der Waals surface area contributed by atoms with Crippen LogP contribution in [0.5, 0.6) is 5.88 Å². The van der Waals surface area contributed by atoms with Crippen molar-refractivity contribution in [3.05, 3.63) is 22.9 Å². The Labute approximate surface area is 108 Å². The highest BCUT2D eigenvalue weighted by Crippen LogP contribution is 2.21. The summed E-state index contributed by atoms with van der Waals surface area (Å²) in [6, 6.07) is 1.96. The van der Waals surface area contributed by atoms with E-state index in [0.717, 1.165) is 23.2 Å². The Morgan fingerprint density at radius 3 is 2.65 bits per heavy atom. The summed E-state index contributed by atoms with van der Waals surface area (Å²) < 4.78 is 5.69. The van der Waals surface area contributed by atoms with Crippen LogP contribution in [0.15, 0.2) is 6.07 Å². The molecule has 0 amide bonds. The Hall–Kier alpha value is -1.16. The lowest BCUT2D eigenvalue weighted by Crippen LogP contribution is -2.16. The van der Waals surface area contributed by atoms with Crippen molar-refractivity contribution in [1.82, 2.24) is 4.98 Å². The SMILES string of the molecule is Cc1cc(C)c(C(N)=S)c(OCCC(C)C)n1. The molecule has 0 bridgehead atoms. The maximum absolute atomic E-state index is 5.71. The molecule has 0 unspecified atom stereocenters. The third-order valence-corrected chi connectivity index (χ3v) is 2.70. The van der Waals surface area contributed by atoms with E-state index >= 15 is 0 Å². The number of nitrogens with two attached hydrogens (primary N) is 1. The Balaban J connectivity index is 2.92. The average molecular weight is 252 g/mol. The molecular weight excluding hydrogens is 232 g/mol. The fraction of sp³-hybridized carbons (Fsp3) is 0.538. The third-order valence-electron chi connectivity index (χ3n) is 2.49. The van der Waals surface area contributed by atoms with Crippen molar-refractivity contribution in [2.45, 2.75) is 34.1 Å². The van der Waals surface area contributed by atoms with Crippen molar-refractivity contribution < 1.29 is 4.74 Å². The van der Waals surface area contributed by atoms with Crippen molar-refractivity contribution in [2.75, 3.05) is 6.61 Å². The van der Waals surface area contributed by atoms with E-state index in [-0.39, 0.29) is 0 Å². The number of aryl methyl sites for hydroxylation is 2. The van der Waals surface area contributed by atoms with E-state index in [9.17, 15) is 0 Å². The normalized spacial score (nSPS) is 10.6. The van der Waals surface area contributed by atoms with E-state index < -0.39 is 0 Å². The van der Waals surface area contributed by atoms with E-state index in [1.807, 2.05) is 19.9 Å². The fourth-order valence-electron chi connectivity index (χ4n) is 1.60. The molecule has 2 N–H and O–H groups in total. The predicted molar refractivity (Wildman–Crippen MR) is 74.5 cm³/mol. The maximum Gasteiger partial charge on any atom is 0.224 e. The molecule has 0 saturated heterocycles. The van der Waals surface area contributed by atoms with Crippen molar-refractivity contribution in [3.8, 4) is 5.88 Å². The summed E-state index contributed by atoms with van der Waals surface area (Å²) in [5.41, 5.74) is 8.40. The number of pyridine rings is 1. The standard InChI is InChI=1S/C13H20N2OS/c1-8(2)5-6-16-13-11(12(14)17)9(3)7-10(4)15-13/h7-8H,5-6H2,1-4H3,(H2,14,17). The van der Waals surface area contributed by atoms with Gasteiger partial charge in [-0.1, -0.05) is 26.1 Å². The van der Waals surface area contributed by atoms with Gasteiger partial charge in [0.05, 0.1) is 12.2 Å². The first-order chi connectivity index (χ1) is 7.91. The number of hydrogen-bond donors (Lipinski definition) is 1. The van der Waals surface area contributed by atoms with Gasteiger partial charge >= 0.3 is 0 Å². The summed E-state index contributed by atoms with van der Waals surface area (Å²) >= 11 is 5.04. The summed E-state index contributed by atoms with van der Waals surface area (Å²) in [5.74, 6) is 1.17. The van der Waals surface area contributed by atoms with Gasteiger partial charge in [0.1, 0.15) is 4.99 Å². The minimum Gasteiger partial charge on any atom is -0.477 e. The average Bonchev–Trinajstić information content (AvgIpc) is 2.14. The van der Waals surface area contributed by atoms with Gasteiger partial charge in [0.25, 0.3) is 0 Å².